The number of benzene rings is 1. The number of halogens is 3. The number of aromatic amines is 1. The highest BCUT2D eigenvalue weighted by Gasteiger charge is 2.32. The molecule has 0 aliphatic heterocycles. The smallest absolute Gasteiger partial charge is 0.405 e. The van der Waals surface area contributed by atoms with E-state index in [4.69, 9.17) is 0 Å². The molecule has 0 atom stereocenters. The van der Waals surface area contributed by atoms with Crippen molar-refractivity contribution in [2.45, 2.75) is 25.6 Å². The first-order chi connectivity index (χ1) is 9.94. The van der Waals surface area contributed by atoms with Gasteiger partial charge in [-0.05, 0) is 31.4 Å². The minimum absolute atomic E-state index is 0.0977. The van der Waals surface area contributed by atoms with E-state index in [1.807, 2.05) is 0 Å². The maximum Gasteiger partial charge on any atom is 0.573 e. The molecule has 0 bridgehead atoms. The van der Waals surface area contributed by atoms with E-state index in [1.165, 1.54) is 18.2 Å². The predicted molar refractivity (Wildman–Crippen MR) is 69.0 cm³/mol. The van der Waals surface area contributed by atoms with Gasteiger partial charge in [-0.2, -0.15) is 0 Å². The quantitative estimate of drug-likeness (QED) is 0.927. The molecule has 0 saturated carbocycles. The number of nitrogens with zero attached hydrogens (tertiary/aromatic N) is 1. The first-order valence-corrected chi connectivity index (χ1v) is 6.41. The van der Waals surface area contributed by atoms with Crippen molar-refractivity contribution < 1.29 is 17.9 Å². The SMILES string of the molecule is O=c1[nH]c(-c2ccccc2OC(F)(F)F)nc2c1CCC2. The third-order valence-electron chi connectivity index (χ3n) is 3.31. The molecule has 1 aliphatic carbocycles. The molecule has 1 heterocycles. The molecule has 0 fully saturated rings. The molecule has 1 aromatic carbocycles. The summed E-state index contributed by atoms with van der Waals surface area (Å²) in [5, 5.41) is 0. The standard InChI is InChI=1S/C14H11F3N2O2/c15-14(16,17)21-11-7-2-1-4-9(11)12-18-10-6-3-5-8(10)13(20)19-12/h1-2,4,7H,3,5-6H2,(H,18,19,20). The second-order valence-corrected chi connectivity index (χ2v) is 4.74. The van der Waals surface area contributed by atoms with E-state index in [0.29, 0.717) is 24.1 Å². The van der Waals surface area contributed by atoms with E-state index >= 15 is 0 Å². The zero-order valence-electron chi connectivity index (χ0n) is 10.8. The molecule has 3 rings (SSSR count). The van der Waals surface area contributed by atoms with Crippen LogP contribution in [-0.2, 0) is 12.8 Å². The number of hydrogen-bond donors (Lipinski definition) is 1. The van der Waals surface area contributed by atoms with E-state index in [1.54, 1.807) is 6.07 Å². The summed E-state index contributed by atoms with van der Waals surface area (Å²) in [6.07, 6.45) is -2.66. The molecule has 0 saturated heterocycles. The normalized spacial score (nSPS) is 14.0. The number of alkyl halides is 3. The topological polar surface area (TPSA) is 55.0 Å². The van der Waals surface area contributed by atoms with Gasteiger partial charge >= 0.3 is 6.36 Å². The highest BCUT2D eigenvalue weighted by molar-refractivity contribution is 5.64. The molecule has 0 spiro atoms. The van der Waals surface area contributed by atoms with Gasteiger partial charge in [-0.1, -0.05) is 12.1 Å². The third-order valence-corrected chi connectivity index (χ3v) is 3.31. The molecule has 0 unspecified atom stereocenters. The second-order valence-electron chi connectivity index (χ2n) is 4.74. The predicted octanol–water partition coefficient (Wildman–Crippen LogP) is 2.82. The van der Waals surface area contributed by atoms with Crippen LogP contribution >= 0.6 is 0 Å². The number of H-pyrrole nitrogens is 1. The average molecular weight is 296 g/mol. The molecule has 110 valence electrons. The van der Waals surface area contributed by atoms with Gasteiger partial charge < -0.3 is 9.72 Å². The molecule has 21 heavy (non-hydrogen) atoms. The lowest BCUT2D eigenvalue weighted by Gasteiger charge is -2.13. The van der Waals surface area contributed by atoms with Gasteiger partial charge in [0.25, 0.3) is 5.56 Å². The second kappa shape index (κ2) is 4.91. The number of rotatable bonds is 2. The molecular formula is C14H11F3N2O2. The average Bonchev–Trinajstić information content (AvgIpc) is 2.86. The number of para-hydroxylation sites is 1. The van der Waals surface area contributed by atoms with Crippen molar-refractivity contribution in [1.29, 1.82) is 0 Å². The van der Waals surface area contributed by atoms with Crippen LogP contribution < -0.4 is 10.3 Å². The van der Waals surface area contributed by atoms with Crippen molar-refractivity contribution >= 4 is 0 Å². The lowest BCUT2D eigenvalue weighted by atomic mass is 10.1. The molecular weight excluding hydrogens is 285 g/mol. The number of aryl methyl sites for hydroxylation is 1. The van der Waals surface area contributed by atoms with Gasteiger partial charge in [0.15, 0.2) is 0 Å². The molecule has 4 nitrogen and oxygen atoms in total. The van der Waals surface area contributed by atoms with Crippen LogP contribution in [0, 0.1) is 0 Å². The minimum atomic E-state index is -4.80. The van der Waals surface area contributed by atoms with Crippen molar-refractivity contribution in [3.05, 3.63) is 45.9 Å². The molecule has 1 N–H and O–H groups in total. The Morgan fingerprint density at radius 2 is 1.95 bits per heavy atom. The van der Waals surface area contributed by atoms with Gasteiger partial charge in [-0.25, -0.2) is 4.98 Å². The largest absolute Gasteiger partial charge is 0.573 e. The fraction of sp³-hybridized carbons (Fsp3) is 0.286. The first kappa shape index (κ1) is 13.7. The zero-order valence-corrected chi connectivity index (χ0v) is 10.8. The van der Waals surface area contributed by atoms with Crippen LogP contribution in [0.15, 0.2) is 29.1 Å². The summed E-state index contributed by atoms with van der Waals surface area (Å²) in [7, 11) is 0. The van der Waals surface area contributed by atoms with Crippen molar-refractivity contribution in [3.8, 4) is 17.1 Å². The highest BCUT2D eigenvalue weighted by atomic mass is 19.4. The van der Waals surface area contributed by atoms with Crippen LogP contribution in [0.3, 0.4) is 0 Å². The lowest BCUT2D eigenvalue weighted by Crippen LogP contribution is -2.19. The Hall–Kier alpha value is -2.31. The summed E-state index contributed by atoms with van der Waals surface area (Å²) in [5.41, 5.74) is 1.08. The van der Waals surface area contributed by atoms with E-state index in [9.17, 15) is 18.0 Å². The van der Waals surface area contributed by atoms with Crippen LogP contribution in [-0.4, -0.2) is 16.3 Å². The Balaban J connectivity index is 2.09. The van der Waals surface area contributed by atoms with E-state index in [0.717, 1.165) is 6.42 Å². The fourth-order valence-corrected chi connectivity index (χ4v) is 2.45. The summed E-state index contributed by atoms with van der Waals surface area (Å²) in [6, 6.07) is 5.61. The summed E-state index contributed by atoms with van der Waals surface area (Å²) >= 11 is 0. The van der Waals surface area contributed by atoms with Gasteiger partial charge in [0.2, 0.25) is 0 Å². The molecule has 0 amide bonds. The maximum atomic E-state index is 12.4. The summed E-state index contributed by atoms with van der Waals surface area (Å²) in [5.74, 6) is -0.286. The summed E-state index contributed by atoms with van der Waals surface area (Å²) < 4.78 is 41.2. The van der Waals surface area contributed by atoms with Gasteiger partial charge in [-0.3, -0.25) is 4.79 Å². The van der Waals surface area contributed by atoms with Crippen LogP contribution in [0.2, 0.25) is 0 Å². The number of fused-ring (bicyclic) bond motifs is 1. The molecule has 2 aromatic rings. The molecule has 1 aromatic heterocycles. The Kier molecular flexibility index (Phi) is 3.19. The van der Waals surface area contributed by atoms with E-state index in [-0.39, 0.29) is 22.7 Å². The van der Waals surface area contributed by atoms with E-state index in [2.05, 4.69) is 14.7 Å². The third kappa shape index (κ3) is 2.76. The van der Waals surface area contributed by atoms with Gasteiger partial charge in [0.05, 0.1) is 11.3 Å². The van der Waals surface area contributed by atoms with Crippen LogP contribution in [0.5, 0.6) is 5.75 Å². The maximum absolute atomic E-state index is 12.4. The van der Waals surface area contributed by atoms with Gasteiger partial charge in [-0.15, -0.1) is 13.2 Å². The number of nitrogens with one attached hydrogen (secondary N) is 1. The van der Waals surface area contributed by atoms with Crippen molar-refractivity contribution in [2.24, 2.45) is 0 Å². The zero-order chi connectivity index (χ0) is 15.0. The number of hydrogen-bond acceptors (Lipinski definition) is 3. The van der Waals surface area contributed by atoms with Crippen LogP contribution in [0.25, 0.3) is 11.4 Å². The van der Waals surface area contributed by atoms with Crippen molar-refractivity contribution in [2.75, 3.05) is 0 Å². The Bertz CT molecular complexity index is 738. The molecule has 1 aliphatic rings. The minimum Gasteiger partial charge on any atom is -0.405 e. The Morgan fingerprint density at radius 1 is 1.19 bits per heavy atom. The number of ether oxygens (including phenoxy) is 1. The molecule has 7 heteroatoms. The fourth-order valence-electron chi connectivity index (χ4n) is 2.45. The monoisotopic (exact) mass is 296 g/mol. The first-order valence-electron chi connectivity index (χ1n) is 6.41. The number of aromatic nitrogens is 2. The summed E-state index contributed by atoms with van der Waals surface area (Å²) in [6.45, 7) is 0. The van der Waals surface area contributed by atoms with Gasteiger partial charge in [0.1, 0.15) is 11.6 Å². The van der Waals surface area contributed by atoms with Crippen molar-refractivity contribution in [1.82, 2.24) is 9.97 Å². The molecule has 0 radical (unpaired) electrons. The highest BCUT2D eigenvalue weighted by Crippen LogP contribution is 2.32. The van der Waals surface area contributed by atoms with Crippen LogP contribution in [0.1, 0.15) is 17.7 Å². The van der Waals surface area contributed by atoms with Crippen molar-refractivity contribution in [3.63, 3.8) is 0 Å². The summed E-state index contributed by atoms with van der Waals surface area (Å²) in [4.78, 5) is 18.8. The Labute approximate surface area is 117 Å². The van der Waals surface area contributed by atoms with E-state index < -0.39 is 6.36 Å². The van der Waals surface area contributed by atoms with Gasteiger partial charge in [0, 0.05) is 5.56 Å². The Morgan fingerprint density at radius 3 is 2.71 bits per heavy atom. The lowest BCUT2D eigenvalue weighted by molar-refractivity contribution is -0.274. The van der Waals surface area contributed by atoms with Crippen LogP contribution in [0.4, 0.5) is 13.2 Å².